The minimum Gasteiger partial charge on any atom is -0.486 e. The number of amides is 2. The van der Waals surface area contributed by atoms with Gasteiger partial charge >= 0.3 is 0 Å². The number of fused-ring (bicyclic) bond motifs is 1. The molecular formula is C31H36FN3O6S. The second-order valence-corrected chi connectivity index (χ2v) is 12.5. The molecule has 1 aliphatic heterocycles. The summed E-state index contributed by atoms with van der Waals surface area (Å²) in [5.74, 6) is -0.634. The number of aryl methyl sites for hydroxylation is 1. The molecule has 0 saturated carbocycles. The summed E-state index contributed by atoms with van der Waals surface area (Å²) < 4.78 is 53.9. The number of nitrogens with one attached hydrogen (secondary N) is 1. The zero-order valence-corrected chi connectivity index (χ0v) is 25.0. The highest BCUT2D eigenvalue weighted by molar-refractivity contribution is 7.92. The molecule has 1 N–H and O–H groups in total. The third-order valence-corrected chi connectivity index (χ3v) is 8.59. The third-order valence-electron chi connectivity index (χ3n) is 6.82. The van der Waals surface area contributed by atoms with Crippen molar-refractivity contribution in [3.8, 4) is 11.5 Å². The van der Waals surface area contributed by atoms with E-state index in [0.717, 1.165) is 27.6 Å². The topological polar surface area (TPSA) is 105 Å². The third kappa shape index (κ3) is 7.39. The van der Waals surface area contributed by atoms with E-state index in [2.05, 4.69) is 5.32 Å². The predicted octanol–water partition coefficient (Wildman–Crippen LogP) is 4.29. The maximum absolute atomic E-state index is 14.0. The summed E-state index contributed by atoms with van der Waals surface area (Å²) in [6.45, 7) is 7.96. The minimum atomic E-state index is -4.35. The van der Waals surface area contributed by atoms with Gasteiger partial charge in [-0.15, -0.1) is 0 Å². The van der Waals surface area contributed by atoms with Crippen LogP contribution in [0.15, 0.2) is 71.6 Å². The highest BCUT2D eigenvalue weighted by Crippen LogP contribution is 2.34. The van der Waals surface area contributed by atoms with Gasteiger partial charge in [0.15, 0.2) is 11.5 Å². The summed E-state index contributed by atoms with van der Waals surface area (Å²) in [5, 5.41) is 2.86. The summed E-state index contributed by atoms with van der Waals surface area (Å²) in [6, 6.07) is 15.7. The molecule has 9 nitrogen and oxygen atoms in total. The zero-order chi connectivity index (χ0) is 30.4. The maximum Gasteiger partial charge on any atom is 0.264 e. The number of carbonyl (C=O) groups excluding carboxylic acids is 2. The fourth-order valence-electron chi connectivity index (χ4n) is 4.37. The average Bonchev–Trinajstić information content (AvgIpc) is 2.98. The first-order valence-corrected chi connectivity index (χ1v) is 15.2. The number of halogens is 1. The second kappa shape index (κ2) is 13.2. The summed E-state index contributed by atoms with van der Waals surface area (Å²) in [7, 11) is -4.35. The fraction of sp³-hybridized carbons (Fsp3) is 0.355. The van der Waals surface area contributed by atoms with E-state index in [4.69, 9.17) is 9.47 Å². The van der Waals surface area contributed by atoms with Crippen LogP contribution < -0.4 is 19.1 Å². The number of nitrogens with zero attached hydrogens (tertiary/aromatic N) is 2. The van der Waals surface area contributed by atoms with Crippen LogP contribution in [0.2, 0.25) is 0 Å². The van der Waals surface area contributed by atoms with Crippen LogP contribution >= 0.6 is 0 Å². The molecule has 0 unspecified atom stereocenters. The van der Waals surface area contributed by atoms with Gasteiger partial charge in [-0.1, -0.05) is 43.7 Å². The summed E-state index contributed by atoms with van der Waals surface area (Å²) >= 11 is 0. The van der Waals surface area contributed by atoms with Crippen molar-refractivity contribution in [1.29, 1.82) is 0 Å². The van der Waals surface area contributed by atoms with Crippen molar-refractivity contribution in [1.82, 2.24) is 10.2 Å². The van der Waals surface area contributed by atoms with Gasteiger partial charge in [0.1, 0.15) is 31.6 Å². The van der Waals surface area contributed by atoms with Crippen LogP contribution in [0.3, 0.4) is 0 Å². The van der Waals surface area contributed by atoms with Crippen LogP contribution in [0.25, 0.3) is 0 Å². The Balaban J connectivity index is 1.70. The summed E-state index contributed by atoms with van der Waals surface area (Å²) in [5.41, 5.74) is 1.90. The molecule has 224 valence electrons. The Kier molecular flexibility index (Phi) is 9.72. The van der Waals surface area contributed by atoms with Crippen LogP contribution in [0.1, 0.15) is 31.9 Å². The van der Waals surface area contributed by atoms with Gasteiger partial charge in [-0.3, -0.25) is 13.9 Å². The molecule has 4 rings (SSSR count). The highest BCUT2D eigenvalue weighted by Gasteiger charge is 2.33. The number of anilines is 1. The van der Waals surface area contributed by atoms with E-state index in [9.17, 15) is 22.4 Å². The molecule has 0 spiro atoms. The number of sulfonamides is 1. The Morgan fingerprint density at radius 1 is 0.929 bits per heavy atom. The molecule has 1 aliphatic rings. The molecular weight excluding hydrogens is 561 g/mol. The molecule has 11 heteroatoms. The smallest absolute Gasteiger partial charge is 0.264 e. The van der Waals surface area contributed by atoms with Gasteiger partial charge in [0.05, 0.1) is 10.6 Å². The first kappa shape index (κ1) is 30.8. The minimum absolute atomic E-state index is 0.0801. The fourth-order valence-corrected chi connectivity index (χ4v) is 5.80. The molecule has 0 radical (unpaired) electrons. The van der Waals surface area contributed by atoms with Crippen molar-refractivity contribution < 1.29 is 31.9 Å². The normalized spacial score (nSPS) is 13.4. The molecule has 0 aromatic heterocycles. The van der Waals surface area contributed by atoms with E-state index in [1.807, 2.05) is 45.0 Å². The van der Waals surface area contributed by atoms with Crippen molar-refractivity contribution in [2.75, 3.05) is 30.6 Å². The van der Waals surface area contributed by atoms with Gasteiger partial charge in [-0.25, -0.2) is 12.8 Å². The molecule has 0 bridgehead atoms. The lowest BCUT2D eigenvalue weighted by Gasteiger charge is -2.32. The average molecular weight is 598 g/mol. The van der Waals surface area contributed by atoms with Gasteiger partial charge in [-0.05, 0) is 61.7 Å². The Labute approximate surface area is 246 Å². The van der Waals surface area contributed by atoms with Gasteiger partial charge in [0.25, 0.3) is 10.0 Å². The zero-order valence-electron chi connectivity index (χ0n) is 24.2. The number of ether oxygens (including phenoxy) is 2. The second-order valence-electron chi connectivity index (χ2n) is 10.6. The van der Waals surface area contributed by atoms with Crippen molar-refractivity contribution in [3.05, 3.63) is 83.7 Å². The Bertz CT molecular complexity index is 1510. The first-order valence-electron chi connectivity index (χ1n) is 13.8. The Morgan fingerprint density at radius 2 is 1.57 bits per heavy atom. The number of carbonyl (C=O) groups is 2. The number of hydrogen-bond acceptors (Lipinski definition) is 6. The van der Waals surface area contributed by atoms with Gasteiger partial charge in [0, 0.05) is 19.2 Å². The van der Waals surface area contributed by atoms with Crippen molar-refractivity contribution >= 4 is 27.5 Å². The summed E-state index contributed by atoms with van der Waals surface area (Å²) in [4.78, 5) is 28.3. The van der Waals surface area contributed by atoms with Crippen molar-refractivity contribution in [3.63, 3.8) is 0 Å². The van der Waals surface area contributed by atoms with Crippen LogP contribution in [0.4, 0.5) is 10.1 Å². The molecule has 2 amide bonds. The molecule has 1 atom stereocenters. The van der Waals surface area contributed by atoms with Crippen LogP contribution in [-0.2, 0) is 26.2 Å². The largest absolute Gasteiger partial charge is 0.486 e. The molecule has 0 aliphatic carbocycles. The van der Waals surface area contributed by atoms with Crippen LogP contribution in [-0.4, -0.2) is 57.5 Å². The Morgan fingerprint density at radius 3 is 2.21 bits per heavy atom. The van der Waals surface area contributed by atoms with E-state index in [1.165, 1.54) is 35.2 Å². The van der Waals surface area contributed by atoms with Gasteiger partial charge in [0.2, 0.25) is 11.8 Å². The van der Waals surface area contributed by atoms with Crippen molar-refractivity contribution in [2.45, 2.75) is 45.2 Å². The monoisotopic (exact) mass is 597 g/mol. The molecule has 42 heavy (non-hydrogen) atoms. The standard InChI is InChI=1S/C31H36FN3O6S/c1-21(2)18-33-31(37)23(4)34(19-24-7-5-22(3)6-8-24)30(36)20-35(26-11-9-25(32)10-12-26)42(38,39)27-13-14-28-29(17-27)41-16-15-40-28/h5-14,17,21,23H,15-16,18-20H2,1-4H3,(H,33,37)/t23-/m1/s1. The first-order chi connectivity index (χ1) is 20.0. The number of benzene rings is 3. The number of hydrogen-bond donors (Lipinski definition) is 1. The molecule has 0 saturated heterocycles. The lowest BCUT2D eigenvalue weighted by molar-refractivity contribution is -0.139. The maximum atomic E-state index is 14.0. The van der Waals surface area contributed by atoms with Crippen LogP contribution in [0, 0.1) is 18.7 Å². The molecule has 3 aromatic carbocycles. The van der Waals surface area contributed by atoms with E-state index in [-0.39, 0.29) is 41.3 Å². The SMILES string of the molecule is Cc1ccc(CN(C(=O)CN(c2ccc(F)cc2)S(=O)(=O)c2ccc3c(c2)OCCO3)[C@H](C)C(=O)NCC(C)C)cc1. The highest BCUT2D eigenvalue weighted by atomic mass is 32.2. The summed E-state index contributed by atoms with van der Waals surface area (Å²) in [6.07, 6.45) is 0. The predicted molar refractivity (Wildman–Crippen MR) is 157 cm³/mol. The van der Waals surface area contributed by atoms with Gasteiger partial charge in [-0.2, -0.15) is 0 Å². The Hall–Kier alpha value is -4.12. The van der Waals surface area contributed by atoms with Crippen molar-refractivity contribution in [2.24, 2.45) is 5.92 Å². The molecule has 1 heterocycles. The molecule has 3 aromatic rings. The van der Waals surface area contributed by atoms with E-state index >= 15 is 0 Å². The number of rotatable bonds is 11. The lowest BCUT2D eigenvalue weighted by Crippen LogP contribution is -2.51. The van der Waals surface area contributed by atoms with E-state index < -0.39 is 34.3 Å². The van der Waals surface area contributed by atoms with E-state index in [0.29, 0.717) is 18.9 Å². The quantitative estimate of drug-likeness (QED) is 0.354. The lowest BCUT2D eigenvalue weighted by atomic mass is 10.1. The van der Waals surface area contributed by atoms with E-state index in [1.54, 1.807) is 6.92 Å². The van der Waals surface area contributed by atoms with Crippen LogP contribution in [0.5, 0.6) is 11.5 Å². The molecule has 0 fully saturated rings. The van der Waals surface area contributed by atoms with Gasteiger partial charge < -0.3 is 19.7 Å².